The molecule has 2 bridgehead atoms. The molecule has 0 amide bonds. The van der Waals surface area contributed by atoms with Crippen LogP contribution in [0.3, 0.4) is 0 Å². The molecule has 6 rings (SSSR count). The van der Waals surface area contributed by atoms with Crippen LogP contribution in [0.4, 0.5) is 8.78 Å². The van der Waals surface area contributed by atoms with Gasteiger partial charge in [0.25, 0.3) is 0 Å². The fourth-order valence-corrected chi connectivity index (χ4v) is 6.99. The van der Waals surface area contributed by atoms with Gasteiger partial charge in [-0.05, 0) is 60.1 Å². The third kappa shape index (κ3) is 3.68. The van der Waals surface area contributed by atoms with Crippen molar-refractivity contribution in [1.82, 2.24) is 25.0 Å². The quantitative estimate of drug-likeness (QED) is 0.348. The largest absolute Gasteiger partial charge is 0.271 e. The Morgan fingerprint density at radius 3 is 2.53 bits per heavy atom. The lowest BCUT2D eigenvalue weighted by Crippen LogP contribution is -2.37. The summed E-state index contributed by atoms with van der Waals surface area (Å²) in [6.45, 7) is 4.67. The molecule has 0 N–H and O–H groups in total. The van der Waals surface area contributed by atoms with Crippen LogP contribution in [0.25, 0.3) is 22.5 Å². The normalized spacial score (nSPS) is 21.6. The van der Waals surface area contributed by atoms with Gasteiger partial charge in [0.1, 0.15) is 21.5 Å². The van der Waals surface area contributed by atoms with Crippen LogP contribution < -0.4 is 0 Å². The number of benzene rings is 1. The Kier molecular flexibility index (Phi) is 5.54. The predicted molar refractivity (Wildman–Crippen MR) is 139 cm³/mol. The van der Waals surface area contributed by atoms with E-state index >= 15 is 0 Å². The minimum Gasteiger partial charge on any atom is -0.271 e. The van der Waals surface area contributed by atoms with Gasteiger partial charge in [0.15, 0.2) is 0 Å². The fourth-order valence-electron chi connectivity index (χ4n) is 6.47. The second-order valence-electron chi connectivity index (χ2n) is 10.9. The highest BCUT2D eigenvalue weighted by molar-refractivity contribution is 7.90. The van der Waals surface area contributed by atoms with Crippen LogP contribution >= 0.6 is 0 Å². The smallest absolute Gasteiger partial charge is 0.149 e. The SMILES string of the molecule is CC1(C)[C@H]2CC[C@]1(c1cccc(-c3cnn(CCS(C)(=O)=O)c3)n1)c1nnc(-c3c(F)cccc3F)cc12. The first-order valence-corrected chi connectivity index (χ1v) is 14.6. The molecule has 1 saturated carbocycles. The minimum atomic E-state index is -3.10. The van der Waals surface area contributed by atoms with Gasteiger partial charge in [-0.2, -0.15) is 10.2 Å². The van der Waals surface area contributed by atoms with E-state index in [2.05, 4.69) is 29.1 Å². The first kappa shape index (κ1) is 24.8. The van der Waals surface area contributed by atoms with Crippen molar-refractivity contribution in [3.8, 4) is 22.5 Å². The minimum absolute atomic E-state index is 0.00843. The molecule has 0 unspecified atom stereocenters. The molecule has 3 aromatic heterocycles. The van der Waals surface area contributed by atoms with Gasteiger partial charge in [-0.25, -0.2) is 17.2 Å². The Labute approximate surface area is 219 Å². The summed E-state index contributed by atoms with van der Waals surface area (Å²) in [5.41, 5.74) is 3.45. The molecule has 0 saturated heterocycles. The predicted octanol–water partition coefficient (Wildman–Crippen LogP) is 4.93. The average Bonchev–Trinajstić information content (AvgIpc) is 3.50. The lowest BCUT2D eigenvalue weighted by Gasteiger charge is -2.37. The van der Waals surface area contributed by atoms with Gasteiger partial charge in [-0.15, -0.1) is 5.10 Å². The average molecular weight is 536 g/mol. The molecule has 7 nitrogen and oxygen atoms in total. The van der Waals surface area contributed by atoms with Crippen molar-refractivity contribution in [2.24, 2.45) is 5.41 Å². The second kappa shape index (κ2) is 8.49. The molecular formula is C28H27F2N5O2S. The molecule has 1 aromatic carbocycles. The maximum absolute atomic E-state index is 14.5. The van der Waals surface area contributed by atoms with E-state index in [9.17, 15) is 17.2 Å². The van der Waals surface area contributed by atoms with Crippen molar-refractivity contribution >= 4 is 9.84 Å². The van der Waals surface area contributed by atoms with E-state index in [0.717, 1.165) is 41.1 Å². The maximum Gasteiger partial charge on any atom is 0.149 e. The monoisotopic (exact) mass is 535 g/mol. The number of fused-ring (bicyclic) bond motifs is 5. The van der Waals surface area contributed by atoms with Gasteiger partial charge in [-0.3, -0.25) is 9.67 Å². The van der Waals surface area contributed by atoms with E-state index < -0.39 is 26.9 Å². The van der Waals surface area contributed by atoms with Crippen molar-refractivity contribution in [3.63, 3.8) is 0 Å². The molecule has 2 aliphatic rings. The Morgan fingerprint density at radius 1 is 1.05 bits per heavy atom. The number of hydrogen-bond donors (Lipinski definition) is 0. The Balaban J connectivity index is 1.41. The summed E-state index contributed by atoms with van der Waals surface area (Å²) in [5.74, 6) is -1.18. The van der Waals surface area contributed by atoms with Crippen LogP contribution in [0, 0.1) is 17.0 Å². The number of sulfone groups is 1. The first-order valence-electron chi connectivity index (χ1n) is 12.5. The van der Waals surface area contributed by atoms with E-state index in [0.29, 0.717) is 0 Å². The third-order valence-corrected chi connectivity index (χ3v) is 9.33. The highest BCUT2D eigenvalue weighted by atomic mass is 32.2. The number of hydrogen-bond acceptors (Lipinski definition) is 6. The van der Waals surface area contributed by atoms with Crippen LogP contribution in [-0.2, 0) is 21.8 Å². The number of aryl methyl sites for hydroxylation is 1. The number of nitrogens with zero attached hydrogens (tertiary/aromatic N) is 5. The third-order valence-electron chi connectivity index (χ3n) is 8.41. The molecule has 0 radical (unpaired) electrons. The van der Waals surface area contributed by atoms with Gasteiger partial charge < -0.3 is 0 Å². The van der Waals surface area contributed by atoms with Crippen molar-refractivity contribution < 1.29 is 17.2 Å². The molecule has 0 aliphatic heterocycles. The van der Waals surface area contributed by atoms with Crippen molar-refractivity contribution in [2.45, 2.75) is 44.6 Å². The van der Waals surface area contributed by atoms with E-state index in [-0.39, 0.29) is 34.9 Å². The summed E-state index contributed by atoms with van der Waals surface area (Å²) in [7, 11) is -3.10. The summed E-state index contributed by atoms with van der Waals surface area (Å²) in [6, 6.07) is 11.5. The zero-order chi connectivity index (χ0) is 26.9. The molecule has 4 aromatic rings. The number of pyridine rings is 1. The summed E-state index contributed by atoms with van der Waals surface area (Å²) in [4.78, 5) is 5.06. The summed E-state index contributed by atoms with van der Waals surface area (Å²) < 4.78 is 53.7. The molecule has 0 spiro atoms. The molecule has 10 heteroatoms. The van der Waals surface area contributed by atoms with Crippen LogP contribution in [0.1, 0.15) is 49.6 Å². The first-order chi connectivity index (χ1) is 18.0. The number of aromatic nitrogens is 5. The molecular weight excluding hydrogens is 508 g/mol. The van der Waals surface area contributed by atoms with Crippen LogP contribution in [0.5, 0.6) is 0 Å². The van der Waals surface area contributed by atoms with E-state index in [1.165, 1.54) is 24.5 Å². The lowest BCUT2D eigenvalue weighted by atomic mass is 9.66. The van der Waals surface area contributed by atoms with Gasteiger partial charge in [0.05, 0.1) is 52.2 Å². The highest BCUT2D eigenvalue weighted by Gasteiger charge is 2.65. The van der Waals surface area contributed by atoms with Crippen molar-refractivity contribution in [1.29, 1.82) is 0 Å². The number of rotatable bonds is 6. The number of halogens is 2. The molecule has 2 aliphatic carbocycles. The second-order valence-corrected chi connectivity index (χ2v) is 13.1. The topological polar surface area (TPSA) is 90.6 Å². The van der Waals surface area contributed by atoms with E-state index in [4.69, 9.17) is 4.98 Å². The zero-order valence-corrected chi connectivity index (χ0v) is 22.1. The van der Waals surface area contributed by atoms with Gasteiger partial charge in [0.2, 0.25) is 0 Å². The molecule has 196 valence electrons. The molecule has 3 heterocycles. The van der Waals surface area contributed by atoms with Gasteiger partial charge in [0, 0.05) is 18.0 Å². The van der Waals surface area contributed by atoms with Crippen LogP contribution in [0.15, 0.2) is 54.9 Å². The van der Waals surface area contributed by atoms with E-state index in [1.54, 1.807) is 23.1 Å². The van der Waals surface area contributed by atoms with Gasteiger partial charge >= 0.3 is 0 Å². The van der Waals surface area contributed by atoms with Crippen molar-refractivity contribution in [3.05, 3.63) is 83.4 Å². The highest BCUT2D eigenvalue weighted by Crippen LogP contribution is 2.69. The Bertz CT molecular complexity index is 1660. The fraction of sp³-hybridized carbons (Fsp3) is 0.357. The zero-order valence-electron chi connectivity index (χ0n) is 21.3. The Hall–Kier alpha value is -3.53. The van der Waals surface area contributed by atoms with Gasteiger partial charge in [-0.1, -0.05) is 26.0 Å². The summed E-state index contributed by atoms with van der Waals surface area (Å²) >= 11 is 0. The molecule has 1 fully saturated rings. The molecule has 2 atom stereocenters. The van der Waals surface area contributed by atoms with Crippen LogP contribution in [0.2, 0.25) is 0 Å². The standard InChI is InChI=1S/C28H27F2N5O2S/c1-27(2)19-10-11-28(27,26-18(19)14-23(33-34-26)25-20(29)6-4-7-21(25)30)24-9-5-8-22(32-24)17-15-31-35(16-17)12-13-38(3,36)37/h4-9,14-16,19H,10-13H2,1-3H3/t19-,28-/m0/s1. The maximum atomic E-state index is 14.5. The summed E-state index contributed by atoms with van der Waals surface area (Å²) in [5, 5.41) is 13.2. The molecule has 38 heavy (non-hydrogen) atoms. The lowest BCUT2D eigenvalue weighted by molar-refractivity contribution is 0.243. The summed E-state index contributed by atoms with van der Waals surface area (Å²) in [6.07, 6.45) is 6.43. The van der Waals surface area contributed by atoms with E-state index in [1.807, 2.05) is 18.2 Å². The Morgan fingerprint density at radius 2 is 1.79 bits per heavy atom. The van der Waals surface area contributed by atoms with Crippen LogP contribution in [-0.4, -0.2) is 45.4 Å². The van der Waals surface area contributed by atoms with Crippen molar-refractivity contribution in [2.75, 3.05) is 12.0 Å².